The number of ether oxygens (including phenoxy) is 1. The average molecular weight is 164 g/mol. The fraction of sp³-hybridized carbons (Fsp3) is 1.00. The molecular formula is C6H12O5. The van der Waals surface area contributed by atoms with Crippen molar-refractivity contribution in [3.63, 3.8) is 0 Å². The summed E-state index contributed by atoms with van der Waals surface area (Å²) in [6.07, 6.45) is -5.99. The smallest absolute Gasteiger partial charge is 0.183 e. The van der Waals surface area contributed by atoms with Gasteiger partial charge >= 0.3 is 0 Å². The Morgan fingerprint density at radius 1 is 0.909 bits per heavy atom. The zero-order valence-corrected chi connectivity index (χ0v) is 6.08. The van der Waals surface area contributed by atoms with Crippen molar-refractivity contribution in [1.29, 1.82) is 0 Å². The van der Waals surface area contributed by atoms with E-state index in [0.717, 1.165) is 0 Å². The Morgan fingerprint density at radius 2 is 1.45 bits per heavy atom. The van der Waals surface area contributed by atoms with E-state index in [-0.39, 0.29) is 0 Å². The van der Waals surface area contributed by atoms with Crippen LogP contribution in [0.1, 0.15) is 6.92 Å². The van der Waals surface area contributed by atoms with Crippen molar-refractivity contribution in [2.75, 3.05) is 0 Å². The van der Waals surface area contributed by atoms with E-state index in [0.29, 0.717) is 0 Å². The van der Waals surface area contributed by atoms with Gasteiger partial charge in [-0.3, -0.25) is 0 Å². The minimum atomic E-state index is -1.43. The van der Waals surface area contributed by atoms with Crippen LogP contribution in [0.3, 0.4) is 0 Å². The van der Waals surface area contributed by atoms with Gasteiger partial charge in [-0.25, -0.2) is 0 Å². The Morgan fingerprint density at radius 3 is 2.00 bits per heavy atom. The average Bonchev–Trinajstić information content (AvgIpc) is 1.97. The van der Waals surface area contributed by atoms with Gasteiger partial charge in [0.1, 0.15) is 18.3 Å². The molecule has 5 atom stereocenters. The van der Waals surface area contributed by atoms with Crippen LogP contribution in [-0.2, 0) is 4.74 Å². The highest BCUT2D eigenvalue weighted by atomic mass is 16.6. The highest BCUT2D eigenvalue weighted by molar-refractivity contribution is 4.86. The van der Waals surface area contributed by atoms with E-state index in [1.807, 2.05) is 0 Å². The third kappa shape index (κ3) is 1.52. The Labute approximate surface area is 63.8 Å². The van der Waals surface area contributed by atoms with Crippen molar-refractivity contribution < 1.29 is 25.2 Å². The molecule has 0 saturated carbocycles. The minimum absolute atomic E-state index is 0.664. The molecule has 1 aliphatic heterocycles. The fourth-order valence-electron chi connectivity index (χ4n) is 1.03. The number of hydrogen-bond acceptors (Lipinski definition) is 5. The second-order valence-corrected chi connectivity index (χ2v) is 2.70. The van der Waals surface area contributed by atoms with Crippen molar-refractivity contribution >= 4 is 0 Å². The molecular weight excluding hydrogens is 152 g/mol. The number of aliphatic hydroxyl groups excluding tert-OH is 4. The molecule has 0 aromatic rings. The molecule has 5 heteroatoms. The number of rotatable bonds is 0. The molecule has 0 spiro atoms. The Kier molecular flexibility index (Phi) is 2.46. The summed E-state index contributed by atoms with van der Waals surface area (Å²) in [6, 6.07) is 0. The molecule has 0 bridgehead atoms. The fourth-order valence-corrected chi connectivity index (χ4v) is 1.03. The zero-order chi connectivity index (χ0) is 8.59. The lowest BCUT2D eigenvalue weighted by Crippen LogP contribution is -2.56. The van der Waals surface area contributed by atoms with Gasteiger partial charge in [0.05, 0.1) is 6.10 Å². The first-order valence-electron chi connectivity index (χ1n) is 3.41. The van der Waals surface area contributed by atoms with Crippen LogP contribution >= 0.6 is 0 Å². The third-order valence-corrected chi connectivity index (χ3v) is 1.83. The molecule has 1 aliphatic rings. The minimum Gasteiger partial charge on any atom is -0.388 e. The highest BCUT2D eigenvalue weighted by Gasteiger charge is 2.40. The Bertz CT molecular complexity index is 125. The maximum absolute atomic E-state index is 9.09. The molecule has 66 valence electrons. The molecule has 3 unspecified atom stereocenters. The molecule has 0 amide bonds. The van der Waals surface area contributed by atoms with Crippen LogP contribution in [0, 0.1) is 0 Å². The van der Waals surface area contributed by atoms with E-state index < -0.39 is 30.7 Å². The lowest BCUT2D eigenvalue weighted by molar-refractivity contribution is -0.277. The summed E-state index contributed by atoms with van der Waals surface area (Å²) in [5.41, 5.74) is 0. The van der Waals surface area contributed by atoms with E-state index in [2.05, 4.69) is 4.74 Å². The second-order valence-electron chi connectivity index (χ2n) is 2.70. The van der Waals surface area contributed by atoms with Gasteiger partial charge in [-0.05, 0) is 6.92 Å². The zero-order valence-electron chi connectivity index (χ0n) is 6.08. The van der Waals surface area contributed by atoms with E-state index >= 15 is 0 Å². The molecule has 0 aromatic carbocycles. The van der Waals surface area contributed by atoms with Crippen LogP contribution in [0.4, 0.5) is 0 Å². The molecule has 1 heterocycles. The molecule has 0 aromatic heterocycles. The molecule has 5 nitrogen and oxygen atoms in total. The van der Waals surface area contributed by atoms with Crippen molar-refractivity contribution in [2.45, 2.75) is 37.6 Å². The van der Waals surface area contributed by atoms with Gasteiger partial charge in [0.2, 0.25) is 0 Å². The first-order chi connectivity index (χ1) is 5.04. The summed E-state index contributed by atoms with van der Waals surface area (Å²) < 4.78 is 4.68. The largest absolute Gasteiger partial charge is 0.388 e. The monoisotopic (exact) mass is 164 g/mol. The topological polar surface area (TPSA) is 90.2 Å². The van der Waals surface area contributed by atoms with Crippen LogP contribution in [-0.4, -0.2) is 51.1 Å². The molecule has 1 rings (SSSR count). The van der Waals surface area contributed by atoms with E-state index in [9.17, 15) is 0 Å². The van der Waals surface area contributed by atoms with Crippen LogP contribution in [0.5, 0.6) is 0 Å². The van der Waals surface area contributed by atoms with Gasteiger partial charge in [-0.15, -0.1) is 0 Å². The second kappa shape index (κ2) is 3.04. The Hall–Kier alpha value is -0.200. The summed E-state index contributed by atoms with van der Waals surface area (Å²) in [5.74, 6) is 0. The normalized spacial score (nSPS) is 52.6. The third-order valence-electron chi connectivity index (χ3n) is 1.83. The van der Waals surface area contributed by atoms with Crippen LogP contribution in [0.25, 0.3) is 0 Å². The quantitative estimate of drug-likeness (QED) is 0.326. The summed E-state index contributed by atoms with van der Waals surface area (Å²) in [6.45, 7) is 1.50. The van der Waals surface area contributed by atoms with Gasteiger partial charge in [0.25, 0.3) is 0 Å². The van der Waals surface area contributed by atoms with Gasteiger partial charge < -0.3 is 25.2 Å². The number of aliphatic hydroxyl groups is 4. The van der Waals surface area contributed by atoms with E-state index in [4.69, 9.17) is 20.4 Å². The van der Waals surface area contributed by atoms with Crippen molar-refractivity contribution in [1.82, 2.24) is 0 Å². The molecule has 0 radical (unpaired) electrons. The van der Waals surface area contributed by atoms with Gasteiger partial charge in [0.15, 0.2) is 6.29 Å². The lowest BCUT2D eigenvalue weighted by Gasteiger charge is -2.36. The first-order valence-corrected chi connectivity index (χ1v) is 3.41. The van der Waals surface area contributed by atoms with E-state index in [1.54, 1.807) is 0 Å². The maximum atomic E-state index is 9.09. The summed E-state index contributed by atoms with van der Waals surface area (Å²) in [4.78, 5) is 0. The summed E-state index contributed by atoms with van der Waals surface area (Å²) in [7, 11) is 0. The SMILES string of the molecule is C[C@@H]1OC(O)C(O)C(O)[C@H]1O. The van der Waals surface area contributed by atoms with Gasteiger partial charge in [-0.1, -0.05) is 0 Å². The number of hydrogen-bond donors (Lipinski definition) is 4. The van der Waals surface area contributed by atoms with E-state index in [1.165, 1.54) is 6.92 Å². The predicted octanol–water partition coefficient (Wildman–Crippen LogP) is -2.19. The van der Waals surface area contributed by atoms with Crippen LogP contribution < -0.4 is 0 Å². The van der Waals surface area contributed by atoms with Gasteiger partial charge in [0, 0.05) is 0 Å². The van der Waals surface area contributed by atoms with Crippen molar-refractivity contribution in [3.05, 3.63) is 0 Å². The Balaban J connectivity index is 2.63. The highest BCUT2D eigenvalue weighted by Crippen LogP contribution is 2.18. The summed E-state index contributed by atoms with van der Waals surface area (Å²) in [5, 5.41) is 36.0. The van der Waals surface area contributed by atoms with Crippen LogP contribution in [0.15, 0.2) is 0 Å². The van der Waals surface area contributed by atoms with Crippen molar-refractivity contribution in [3.8, 4) is 0 Å². The molecule has 0 aliphatic carbocycles. The van der Waals surface area contributed by atoms with Crippen LogP contribution in [0.2, 0.25) is 0 Å². The standard InChI is InChI=1S/C6H12O5/c1-2-3(7)4(8)5(9)6(10)11-2/h2-10H,1H3/t2-,3-,4?,5?,6?/m0/s1. The molecule has 1 saturated heterocycles. The maximum Gasteiger partial charge on any atom is 0.183 e. The van der Waals surface area contributed by atoms with Crippen molar-refractivity contribution in [2.24, 2.45) is 0 Å². The molecule has 1 fully saturated rings. The summed E-state index contributed by atoms with van der Waals surface area (Å²) >= 11 is 0. The van der Waals surface area contributed by atoms with Gasteiger partial charge in [-0.2, -0.15) is 0 Å². The molecule has 11 heavy (non-hydrogen) atoms. The lowest BCUT2D eigenvalue weighted by atomic mass is 10.0. The molecule has 4 N–H and O–H groups in total. The predicted molar refractivity (Wildman–Crippen MR) is 34.6 cm³/mol. The first kappa shape index (κ1) is 8.89.